The molecule has 0 amide bonds. The van der Waals surface area contributed by atoms with Gasteiger partial charge in [-0.1, -0.05) is 6.92 Å². The van der Waals surface area contributed by atoms with E-state index in [1.807, 2.05) is 6.92 Å². The number of carboxylic acids is 1. The van der Waals surface area contributed by atoms with E-state index in [4.69, 9.17) is 4.74 Å². The molecule has 112 valence electrons. The summed E-state index contributed by atoms with van der Waals surface area (Å²) in [6, 6.07) is 0.211. The summed E-state index contributed by atoms with van der Waals surface area (Å²) in [5.74, 6) is -0.784. The van der Waals surface area contributed by atoms with Gasteiger partial charge in [-0.05, 0) is 40.7 Å². The molecule has 0 saturated carbocycles. The zero-order chi connectivity index (χ0) is 14.7. The molecule has 0 radical (unpaired) electrons. The smallest absolute Gasteiger partial charge is 0.323 e. The minimum atomic E-state index is -0.864. The molecule has 0 aliphatic carbocycles. The van der Waals surface area contributed by atoms with Crippen molar-refractivity contribution < 1.29 is 14.6 Å². The highest BCUT2D eigenvalue weighted by molar-refractivity contribution is 5.78. The fourth-order valence-corrected chi connectivity index (χ4v) is 2.77. The topological polar surface area (TPSA) is 61.8 Å². The summed E-state index contributed by atoms with van der Waals surface area (Å²) in [4.78, 5) is 13.8. The molecule has 1 aliphatic rings. The van der Waals surface area contributed by atoms with Crippen LogP contribution in [-0.4, -0.2) is 59.4 Å². The molecule has 1 fully saturated rings. The van der Waals surface area contributed by atoms with Crippen molar-refractivity contribution in [1.29, 1.82) is 0 Å². The van der Waals surface area contributed by atoms with Gasteiger partial charge in [0.1, 0.15) is 5.54 Å². The average molecular weight is 272 g/mol. The van der Waals surface area contributed by atoms with E-state index in [9.17, 15) is 9.90 Å². The first-order valence-corrected chi connectivity index (χ1v) is 7.06. The van der Waals surface area contributed by atoms with Gasteiger partial charge in [-0.2, -0.15) is 0 Å². The number of hydrogen-bond acceptors (Lipinski definition) is 4. The summed E-state index contributed by atoms with van der Waals surface area (Å²) in [5, 5.41) is 12.5. The molecule has 1 heterocycles. The quantitative estimate of drug-likeness (QED) is 0.764. The first-order chi connectivity index (χ1) is 8.70. The molecule has 0 aromatic carbocycles. The van der Waals surface area contributed by atoms with E-state index in [0.29, 0.717) is 19.6 Å². The molecule has 2 atom stereocenters. The van der Waals surface area contributed by atoms with Gasteiger partial charge < -0.3 is 15.2 Å². The van der Waals surface area contributed by atoms with E-state index >= 15 is 0 Å². The van der Waals surface area contributed by atoms with Crippen molar-refractivity contribution >= 4 is 5.97 Å². The predicted octanol–water partition coefficient (Wildman–Crippen LogP) is 1.33. The van der Waals surface area contributed by atoms with E-state index in [1.165, 1.54) is 0 Å². The van der Waals surface area contributed by atoms with Crippen molar-refractivity contribution in [2.45, 2.75) is 58.2 Å². The van der Waals surface area contributed by atoms with Crippen LogP contribution in [0.4, 0.5) is 0 Å². The first kappa shape index (κ1) is 16.4. The monoisotopic (exact) mass is 272 g/mol. The molecule has 2 unspecified atom stereocenters. The van der Waals surface area contributed by atoms with Crippen LogP contribution >= 0.6 is 0 Å². The number of nitrogens with zero attached hydrogens (tertiary/aromatic N) is 1. The maximum Gasteiger partial charge on any atom is 0.323 e. The lowest BCUT2D eigenvalue weighted by atomic mass is 9.92. The van der Waals surface area contributed by atoms with E-state index in [2.05, 4.69) is 31.0 Å². The second-order valence-electron chi connectivity index (χ2n) is 6.30. The summed E-state index contributed by atoms with van der Waals surface area (Å²) in [6.07, 6.45) is 0.590. The van der Waals surface area contributed by atoms with Gasteiger partial charge in [0.05, 0.1) is 12.2 Å². The van der Waals surface area contributed by atoms with Gasteiger partial charge >= 0.3 is 5.97 Å². The molecule has 1 aliphatic heterocycles. The van der Waals surface area contributed by atoms with E-state index in [1.54, 1.807) is 6.92 Å². The van der Waals surface area contributed by atoms with Crippen molar-refractivity contribution in [2.24, 2.45) is 0 Å². The number of likely N-dealkylation sites (N-methyl/N-ethyl adjacent to an activating group) is 1. The number of aliphatic carboxylic acids is 1. The fraction of sp³-hybridized carbons (Fsp3) is 0.929. The SMILES string of the molecule is CCNC(C)(CC(C)N1CCOC(C)(C)C1)C(=O)O. The average Bonchev–Trinajstić information content (AvgIpc) is 2.27. The summed E-state index contributed by atoms with van der Waals surface area (Å²) < 4.78 is 5.70. The van der Waals surface area contributed by atoms with Crippen LogP contribution in [0.15, 0.2) is 0 Å². The summed E-state index contributed by atoms with van der Waals surface area (Å²) in [7, 11) is 0. The molecule has 0 aromatic heterocycles. The zero-order valence-electron chi connectivity index (χ0n) is 12.8. The van der Waals surface area contributed by atoms with Gasteiger partial charge in [-0.25, -0.2) is 0 Å². The molecule has 5 heteroatoms. The van der Waals surface area contributed by atoms with Gasteiger partial charge in [0.15, 0.2) is 0 Å². The number of hydrogen-bond donors (Lipinski definition) is 2. The molecule has 2 N–H and O–H groups in total. The highest BCUT2D eigenvalue weighted by Gasteiger charge is 2.37. The standard InChI is InChI=1S/C14H28N2O3/c1-6-15-14(5,12(17)18)9-11(2)16-7-8-19-13(3,4)10-16/h11,15H,6-10H2,1-5H3,(H,17,18). The van der Waals surface area contributed by atoms with Crippen molar-refractivity contribution in [3.63, 3.8) is 0 Å². The third kappa shape index (κ3) is 4.44. The molecule has 1 saturated heterocycles. The van der Waals surface area contributed by atoms with Crippen LogP contribution in [-0.2, 0) is 9.53 Å². The van der Waals surface area contributed by atoms with Crippen LogP contribution in [0.5, 0.6) is 0 Å². The number of rotatable bonds is 6. The Labute approximate surface area is 116 Å². The van der Waals surface area contributed by atoms with Gasteiger partial charge in [-0.15, -0.1) is 0 Å². The lowest BCUT2D eigenvalue weighted by Gasteiger charge is -2.43. The molecule has 0 spiro atoms. The van der Waals surface area contributed by atoms with E-state index < -0.39 is 11.5 Å². The third-order valence-corrected chi connectivity index (χ3v) is 3.82. The summed E-state index contributed by atoms with van der Waals surface area (Å²) >= 11 is 0. The summed E-state index contributed by atoms with van der Waals surface area (Å²) in [6.45, 7) is 13.0. The molecule has 1 rings (SSSR count). The molecular formula is C14H28N2O3. The Morgan fingerprint density at radius 1 is 1.58 bits per heavy atom. The molecule has 5 nitrogen and oxygen atoms in total. The Bertz CT molecular complexity index is 320. The van der Waals surface area contributed by atoms with Crippen LogP contribution in [0.25, 0.3) is 0 Å². The number of carboxylic acid groups (broad SMARTS) is 1. The van der Waals surface area contributed by atoms with Crippen LogP contribution in [0.2, 0.25) is 0 Å². The Hall–Kier alpha value is -0.650. The Morgan fingerprint density at radius 3 is 2.68 bits per heavy atom. The number of carbonyl (C=O) groups is 1. The van der Waals surface area contributed by atoms with Gasteiger partial charge in [0.25, 0.3) is 0 Å². The molecule has 19 heavy (non-hydrogen) atoms. The van der Waals surface area contributed by atoms with Gasteiger partial charge in [-0.3, -0.25) is 9.69 Å². The minimum absolute atomic E-state index is 0.148. The van der Waals surface area contributed by atoms with Gasteiger partial charge in [0.2, 0.25) is 0 Å². The van der Waals surface area contributed by atoms with Gasteiger partial charge in [0, 0.05) is 19.1 Å². The number of morpholine rings is 1. The Balaban J connectivity index is 2.66. The van der Waals surface area contributed by atoms with Crippen LogP contribution in [0.3, 0.4) is 0 Å². The Kier molecular flexibility index (Phi) is 5.35. The zero-order valence-corrected chi connectivity index (χ0v) is 12.8. The van der Waals surface area contributed by atoms with E-state index in [0.717, 1.165) is 13.1 Å². The van der Waals surface area contributed by atoms with Crippen LogP contribution < -0.4 is 5.32 Å². The lowest BCUT2D eigenvalue weighted by Crippen LogP contribution is -2.57. The molecule has 0 aromatic rings. The maximum atomic E-state index is 11.5. The lowest BCUT2D eigenvalue weighted by molar-refractivity contribution is -0.145. The highest BCUT2D eigenvalue weighted by atomic mass is 16.5. The van der Waals surface area contributed by atoms with E-state index in [-0.39, 0.29) is 11.6 Å². The highest BCUT2D eigenvalue weighted by Crippen LogP contribution is 2.23. The Morgan fingerprint density at radius 2 is 2.21 bits per heavy atom. The van der Waals surface area contributed by atoms with Crippen molar-refractivity contribution in [3.8, 4) is 0 Å². The van der Waals surface area contributed by atoms with Crippen LogP contribution in [0.1, 0.15) is 41.0 Å². The first-order valence-electron chi connectivity index (χ1n) is 7.06. The molecule has 0 bridgehead atoms. The number of nitrogens with one attached hydrogen (secondary N) is 1. The normalized spacial score (nSPS) is 24.7. The third-order valence-electron chi connectivity index (χ3n) is 3.82. The second-order valence-corrected chi connectivity index (χ2v) is 6.30. The number of ether oxygens (including phenoxy) is 1. The second kappa shape index (κ2) is 6.20. The summed E-state index contributed by atoms with van der Waals surface area (Å²) in [5.41, 5.74) is -1.01. The largest absolute Gasteiger partial charge is 0.480 e. The van der Waals surface area contributed by atoms with Crippen LogP contribution in [0, 0.1) is 0 Å². The van der Waals surface area contributed by atoms with Crippen molar-refractivity contribution in [1.82, 2.24) is 10.2 Å². The fourth-order valence-electron chi connectivity index (χ4n) is 2.77. The predicted molar refractivity (Wildman–Crippen MR) is 75.4 cm³/mol. The molecular weight excluding hydrogens is 244 g/mol. The minimum Gasteiger partial charge on any atom is -0.480 e. The maximum absolute atomic E-state index is 11.5. The van der Waals surface area contributed by atoms with Crippen molar-refractivity contribution in [3.05, 3.63) is 0 Å². The van der Waals surface area contributed by atoms with Crippen molar-refractivity contribution in [2.75, 3.05) is 26.2 Å².